The molecule has 1 unspecified atom stereocenters. The summed E-state index contributed by atoms with van der Waals surface area (Å²) in [6.07, 6.45) is 0.661. The summed E-state index contributed by atoms with van der Waals surface area (Å²) in [5, 5.41) is 8.71. The number of para-hydroxylation sites is 1. The Bertz CT molecular complexity index is 1310. The van der Waals surface area contributed by atoms with Crippen LogP contribution in [0.5, 0.6) is 5.88 Å². The lowest BCUT2D eigenvalue weighted by molar-refractivity contribution is -0.131. The van der Waals surface area contributed by atoms with Crippen LogP contribution in [0.4, 0.5) is 13.2 Å². The third-order valence-corrected chi connectivity index (χ3v) is 5.47. The molecule has 0 saturated carbocycles. The third kappa shape index (κ3) is 4.23. The molecule has 10 heteroatoms. The van der Waals surface area contributed by atoms with Crippen LogP contribution in [-0.2, 0) is 0 Å². The van der Waals surface area contributed by atoms with E-state index >= 15 is 0 Å². The van der Waals surface area contributed by atoms with Gasteiger partial charge in [0.25, 0.3) is 11.8 Å². The van der Waals surface area contributed by atoms with Crippen molar-refractivity contribution in [1.82, 2.24) is 24.9 Å². The van der Waals surface area contributed by atoms with Gasteiger partial charge in [0.05, 0.1) is 30.1 Å². The molecule has 3 heterocycles. The summed E-state index contributed by atoms with van der Waals surface area (Å²) in [7, 11) is 0. The molecule has 7 nitrogen and oxygen atoms in total. The van der Waals surface area contributed by atoms with Crippen molar-refractivity contribution in [3.8, 4) is 11.6 Å². The summed E-state index contributed by atoms with van der Waals surface area (Å²) in [4.78, 5) is 19.7. The van der Waals surface area contributed by atoms with Crippen molar-refractivity contribution in [3.05, 3.63) is 78.4 Å². The lowest BCUT2D eigenvalue weighted by Crippen LogP contribution is -2.55. The van der Waals surface area contributed by atoms with Crippen molar-refractivity contribution in [2.75, 3.05) is 13.1 Å². The zero-order valence-corrected chi connectivity index (χ0v) is 17.2. The van der Waals surface area contributed by atoms with E-state index in [9.17, 15) is 18.0 Å². The molecule has 1 aliphatic rings. The van der Waals surface area contributed by atoms with Gasteiger partial charge in [-0.2, -0.15) is 15.0 Å². The van der Waals surface area contributed by atoms with Crippen molar-refractivity contribution in [3.63, 3.8) is 0 Å². The highest BCUT2D eigenvalue weighted by molar-refractivity contribution is 5.95. The van der Waals surface area contributed by atoms with Gasteiger partial charge >= 0.3 is 0 Å². The number of rotatable bonds is 4. The fourth-order valence-electron chi connectivity index (χ4n) is 3.78. The fourth-order valence-corrected chi connectivity index (χ4v) is 3.78. The van der Waals surface area contributed by atoms with Gasteiger partial charge < -0.3 is 9.64 Å². The molecule has 0 radical (unpaired) electrons. The highest BCUT2D eigenvalue weighted by Crippen LogP contribution is 2.32. The van der Waals surface area contributed by atoms with Crippen LogP contribution < -0.4 is 4.74 Å². The van der Waals surface area contributed by atoms with Crippen LogP contribution in [0.2, 0.25) is 0 Å². The van der Waals surface area contributed by atoms with E-state index in [1.165, 1.54) is 40.3 Å². The van der Waals surface area contributed by atoms with Crippen LogP contribution >= 0.6 is 0 Å². The van der Waals surface area contributed by atoms with E-state index in [0.29, 0.717) is 5.52 Å². The van der Waals surface area contributed by atoms with Gasteiger partial charge in [-0.1, -0.05) is 18.2 Å². The van der Waals surface area contributed by atoms with Crippen LogP contribution in [0, 0.1) is 5.82 Å². The monoisotopic (exact) mass is 453 g/mol. The Morgan fingerprint density at radius 3 is 2.67 bits per heavy atom. The summed E-state index contributed by atoms with van der Waals surface area (Å²) in [6, 6.07) is 14.2. The van der Waals surface area contributed by atoms with E-state index in [1.807, 2.05) is 12.1 Å². The average molecular weight is 453 g/mol. The predicted octanol–water partition coefficient (Wildman–Crippen LogP) is 3.88. The van der Waals surface area contributed by atoms with E-state index < -0.39 is 30.2 Å². The maximum absolute atomic E-state index is 14.7. The normalized spacial score (nSPS) is 17.8. The van der Waals surface area contributed by atoms with Crippen molar-refractivity contribution >= 4 is 16.8 Å². The molecule has 2 aromatic heterocycles. The number of hydrogen-bond acceptors (Lipinski definition) is 5. The first-order chi connectivity index (χ1) is 15.9. The molecule has 33 heavy (non-hydrogen) atoms. The molecule has 1 fully saturated rings. The predicted molar refractivity (Wildman–Crippen MR) is 113 cm³/mol. The molecule has 0 N–H and O–H groups in total. The SMILES string of the molecule is O=C(c1cc(F)cc(-n2nccn2)c1)N1CCC(F)(F)C(Oc2ccc3ccccc3n2)C1. The van der Waals surface area contributed by atoms with Gasteiger partial charge in [0.15, 0.2) is 6.10 Å². The molecule has 1 aliphatic heterocycles. The fraction of sp³-hybridized carbons (Fsp3) is 0.217. The molecular weight excluding hydrogens is 435 g/mol. The number of carbonyl (C=O) groups excluding carboxylic acids is 1. The van der Waals surface area contributed by atoms with E-state index in [0.717, 1.165) is 11.5 Å². The number of aromatic nitrogens is 4. The maximum Gasteiger partial charge on any atom is 0.287 e. The van der Waals surface area contributed by atoms with Gasteiger partial charge in [0.1, 0.15) is 5.82 Å². The number of carbonyl (C=O) groups is 1. The van der Waals surface area contributed by atoms with Crippen LogP contribution in [0.25, 0.3) is 16.6 Å². The van der Waals surface area contributed by atoms with Gasteiger partial charge in [-0.15, -0.1) is 0 Å². The molecule has 1 amide bonds. The van der Waals surface area contributed by atoms with Crippen molar-refractivity contribution < 1.29 is 22.7 Å². The number of ether oxygens (including phenoxy) is 1. The van der Waals surface area contributed by atoms with Gasteiger partial charge in [0.2, 0.25) is 5.88 Å². The standard InChI is InChI=1S/C23H18F3N5O2/c24-17-11-16(12-18(13-17)31-27-8-9-28-31)22(32)30-10-7-23(25,26)20(14-30)33-21-6-5-15-3-1-2-4-19(15)29-21/h1-6,8-9,11-13,20H,7,10,14H2. The molecule has 0 spiro atoms. The summed E-state index contributed by atoms with van der Waals surface area (Å²) >= 11 is 0. The molecule has 5 rings (SSSR count). The number of nitrogens with zero attached hydrogens (tertiary/aromatic N) is 5. The maximum atomic E-state index is 14.7. The number of halogens is 3. The Labute approximate surface area is 186 Å². The Kier molecular flexibility index (Phi) is 5.20. The van der Waals surface area contributed by atoms with Gasteiger partial charge in [-0.05, 0) is 24.3 Å². The third-order valence-electron chi connectivity index (χ3n) is 5.47. The minimum absolute atomic E-state index is 0.00935. The number of benzene rings is 2. The second-order valence-electron chi connectivity index (χ2n) is 7.73. The lowest BCUT2D eigenvalue weighted by Gasteiger charge is -2.38. The number of hydrogen-bond donors (Lipinski definition) is 0. The molecule has 0 bridgehead atoms. The number of amides is 1. The first-order valence-electron chi connectivity index (χ1n) is 10.3. The number of pyridine rings is 1. The van der Waals surface area contributed by atoms with E-state index in [4.69, 9.17) is 4.74 Å². The van der Waals surface area contributed by atoms with Crippen LogP contribution in [0.1, 0.15) is 16.8 Å². The van der Waals surface area contributed by atoms with E-state index in [1.54, 1.807) is 18.2 Å². The zero-order valence-electron chi connectivity index (χ0n) is 17.2. The smallest absolute Gasteiger partial charge is 0.287 e. The van der Waals surface area contributed by atoms with E-state index in [2.05, 4.69) is 15.2 Å². The zero-order chi connectivity index (χ0) is 23.0. The number of alkyl halides is 2. The quantitative estimate of drug-likeness (QED) is 0.469. The van der Waals surface area contributed by atoms with Crippen molar-refractivity contribution in [2.45, 2.75) is 18.4 Å². The second-order valence-corrected chi connectivity index (χ2v) is 7.73. The van der Waals surface area contributed by atoms with Crippen LogP contribution in [0.3, 0.4) is 0 Å². The largest absolute Gasteiger partial charge is 0.466 e. The summed E-state index contributed by atoms with van der Waals surface area (Å²) in [5.74, 6) is -4.36. The number of fused-ring (bicyclic) bond motifs is 1. The van der Waals surface area contributed by atoms with Crippen LogP contribution in [0.15, 0.2) is 67.0 Å². The minimum Gasteiger partial charge on any atom is -0.466 e. The first-order valence-corrected chi connectivity index (χ1v) is 10.3. The van der Waals surface area contributed by atoms with Crippen molar-refractivity contribution in [2.24, 2.45) is 0 Å². The molecular formula is C23H18F3N5O2. The molecule has 168 valence electrons. The van der Waals surface area contributed by atoms with Gasteiger partial charge in [-0.25, -0.2) is 18.2 Å². The minimum atomic E-state index is -3.16. The lowest BCUT2D eigenvalue weighted by atomic mass is 10.0. The average Bonchev–Trinajstić information content (AvgIpc) is 3.35. The summed E-state index contributed by atoms with van der Waals surface area (Å²) < 4.78 is 49.0. The number of piperidine rings is 1. The summed E-state index contributed by atoms with van der Waals surface area (Å²) in [6.45, 7) is -0.561. The Morgan fingerprint density at radius 2 is 1.85 bits per heavy atom. The van der Waals surface area contributed by atoms with Gasteiger partial charge in [-0.3, -0.25) is 4.79 Å². The Hall–Kier alpha value is -3.95. The Balaban J connectivity index is 1.38. The molecule has 4 aromatic rings. The highest BCUT2D eigenvalue weighted by atomic mass is 19.3. The highest BCUT2D eigenvalue weighted by Gasteiger charge is 2.47. The molecule has 1 atom stereocenters. The first kappa shape index (κ1) is 20.9. The molecule has 1 saturated heterocycles. The second kappa shape index (κ2) is 8.19. The van der Waals surface area contributed by atoms with E-state index in [-0.39, 0.29) is 30.2 Å². The van der Waals surface area contributed by atoms with Gasteiger partial charge in [0, 0.05) is 36.0 Å². The Morgan fingerprint density at radius 1 is 1.06 bits per heavy atom. The summed E-state index contributed by atoms with van der Waals surface area (Å²) in [5.41, 5.74) is 0.871. The topological polar surface area (TPSA) is 73.1 Å². The molecule has 2 aromatic carbocycles. The van der Waals surface area contributed by atoms with Crippen molar-refractivity contribution in [1.29, 1.82) is 0 Å². The van der Waals surface area contributed by atoms with Crippen LogP contribution in [-0.4, -0.2) is 55.9 Å². The number of likely N-dealkylation sites (tertiary alicyclic amines) is 1. The molecule has 0 aliphatic carbocycles.